The van der Waals surface area contributed by atoms with Crippen LogP contribution < -0.4 is 16.0 Å². The summed E-state index contributed by atoms with van der Waals surface area (Å²) in [6, 6.07) is 9.62. The Morgan fingerprint density at radius 2 is 2.19 bits per heavy atom. The molecule has 6 nitrogen and oxygen atoms in total. The first-order valence-electron chi connectivity index (χ1n) is 7.08. The molecular formula is C15H19N5O. The van der Waals surface area contributed by atoms with Crippen LogP contribution in [0, 0.1) is 0 Å². The van der Waals surface area contributed by atoms with Crippen molar-refractivity contribution >= 4 is 11.8 Å². The first-order chi connectivity index (χ1) is 10.2. The molecule has 1 aromatic carbocycles. The maximum atomic E-state index is 12.0. The fourth-order valence-corrected chi connectivity index (χ4v) is 2.52. The summed E-state index contributed by atoms with van der Waals surface area (Å²) in [5.41, 5.74) is 3.22. The zero-order valence-corrected chi connectivity index (χ0v) is 12.0. The molecule has 3 rings (SSSR count). The Bertz CT molecular complexity index is 635. The Morgan fingerprint density at radius 3 is 3.00 bits per heavy atom. The number of aryl methyl sites for hydroxylation is 1. The quantitative estimate of drug-likeness (QED) is 0.798. The highest BCUT2D eigenvalue weighted by molar-refractivity contribution is 5.89. The van der Waals surface area contributed by atoms with Crippen LogP contribution in [0.25, 0.3) is 0 Å². The van der Waals surface area contributed by atoms with Gasteiger partial charge in [-0.05, 0) is 5.56 Å². The van der Waals surface area contributed by atoms with E-state index in [1.54, 1.807) is 4.68 Å². The Hall–Kier alpha value is -2.34. The van der Waals surface area contributed by atoms with E-state index in [0.717, 1.165) is 42.1 Å². The van der Waals surface area contributed by atoms with E-state index in [-0.39, 0.29) is 6.03 Å². The van der Waals surface area contributed by atoms with Crippen molar-refractivity contribution < 1.29 is 4.79 Å². The van der Waals surface area contributed by atoms with Crippen molar-refractivity contribution in [2.75, 3.05) is 11.9 Å². The minimum absolute atomic E-state index is 0.213. The number of anilines is 1. The first kappa shape index (κ1) is 13.6. The molecule has 1 aliphatic heterocycles. The van der Waals surface area contributed by atoms with E-state index in [0.29, 0.717) is 6.54 Å². The Morgan fingerprint density at radius 1 is 1.38 bits per heavy atom. The lowest BCUT2D eigenvalue weighted by atomic mass is 10.1. The number of nitrogens with one attached hydrogen (secondary N) is 3. The van der Waals surface area contributed by atoms with Crippen LogP contribution in [0.3, 0.4) is 0 Å². The van der Waals surface area contributed by atoms with E-state index in [1.807, 2.05) is 37.4 Å². The van der Waals surface area contributed by atoms with Gasteiger partial charge < -0.3 is 10.6 Å². The fraction of sp³-hybridized carbons (Fsp3) is 0.333. The molecule has 1 aliphatic rings. The van der Waals surface area contributed by atoms with E-state index >= 15 is 0 Å². The molecule has 1 aromatic heterocycles. The average molecular weight is 285 g/mol. The molecule has 0 unspecified atom stereocenters. The molecule has 0 saturated heterocycles. The monoisotopic (exact) mass is 285 g/mol. The summed E-state index contributed by atoms with van der Waals surface area (Å²) in [5.74, 6) is 0.766. The molecule has 6 heteroatoms. The number of fused-ring (bicyclic) bond motifs is 1. The summed E-state index contributed by atoms with van der Waals surface area (Å²) < 4.78 is 1.74. The molecule has 21 heavy (non-hydrogen) atoms. The number of amides is 2. The van der Waals surface area contributed by atoms with Gasteiger partial charge in [-0.25, -0.2) is 4.79 Å². The highest BCUT2D eigenvalue weighted by Crippen LogP contribution is 2.21. The molecule has 2 aromatic rings. The number of hydrogen-bond donors (Lipinski definition) is 3. The van der Waals surface area contributed by atoms with E-state index in [1.165, 1.54) is 0 Å². The lowest BCUT2D eigenvalue weighted by Gasteiger charge is -2.14. The van der Waals surface area contributed by atoms with Crippen molar-refractivity contribution in [3.8, 4) is 0 Å². The third-order valence-corrected chi connectivity index (χ3v) is 3.60. The van der Waals surface area contributed by atoms with Gasteiger partial charge in [-0.1, -0.05) is 30.3 Å². The van der Waals surface area contributed by atoms with Gasteiger partial charge in [-0.3, -0.25) is 10.00 Å². The predicted octanol–water partition coefficient (Wildman–Crippen LogP) is 1.39. The molecular weight excluding hydrogens is 266 g/mol. The van der Waals surface area contributed by atoms with Crippen LogP contribution in [0.1, 0.15) is 16.8 Å². The Kier molecular flexibility index (Phi) is 3.87. The maximum Gasteiger partial charge on any atom is 0.320 e. The second-order valence-corrected chi connectivity index (χ2v) is 5.12. The second kappa shape index (κ2) is 5.97. The number of rotatable bonds is 3. The summed E-state index contributed by atoms with van der Waals surface area (Å²) in [6.45, 7) is 2.19. The van der Waals surface area contributed by atoms with Crippen LogP contribution in [-0.2, 0) is 26.6 Å². The van der Waals surface area contributed by atoms with Gasteiger partial charge >= 0.3 is 6.03 Å². The van der Waals surface area contributed by atoms with Gasteiger partial charge in [0.1, 0.15) is 5.82 Å². The molecule has 2 heterocycles. The van der Waals surface area contributed by atoms with E-state index < -0.39 is 0 Å². The standard InChI is InChI=1S/C15H19N5O/c1-20-14(12-10-16-8-7-13(12)19-20)18-15(21)17-9-11-5-3-2-4-6-11/h2-6,16H,7-10H2,1H3,(H2,17,18,21). The van der Waals surface area contributed by atoms with Crippen molar-refractivity contribution in [1.29, 1.82) is 0 Å². The number of urea groups is 1. The van der Waals surface area contributed by atoms with Crippen molar-refractivity contribution in [2.24, 2.45) is 7.05 Å². The average Bonchev–Trinajstić information content (AvgIpc) is 2.82. The first-order valence-corrected chi connectivity index (χ1v) is 7.08. The molecule has 110 valence electrons. The Balaban J connectivity index is 1.64. The zero-order chi connectivity index (χ0) is 14.7. The van der Waals surface area contributed by atoms with Gasteiger partial charge in [0, 0.05) is 38.7 Å². The molecule has 0 spiro atoms. The van der Waals surface area contributed by atoms with E-state index in [9.17, 15) is 4.79 Å². The van der Waals surface area contributed by atoms with Gasteiger partial charge in [0.15, 0.2) is 0 Å². The lowest BCUT2D eigenvalue weighted by Crippen LogP contribution is -2.30. The molecule has 0 bridgehead atoms. The molecule has 0 radical (unpaired) electrons. The third-order valence-electron chi connectivity index (χ3n) is 3.60. The zero-order valence-electron chi connectivity index (χ0n) is 12.0. The molecule has 0 fully saturated rings. The second-order valence-electron chi connectivity index (χ2n) is 5.12. The number of carbonyl (C=O) groups excluding carboxylic acids is 1. The van der Waals surface area contributed by atoms with Gasteiger partial charge in [-0.15, -0.1) is 0 Å². The SMILES string of the molecule is Cn1nc2c(c1NC(=O)NCc1ccccc1)CNCC2. The topological polar surface area (TPSA) is 71.0 Å². The van der Waals surface area contributed by atoms with Crippen molar-refractivity contribution in [3.63, 3.8) is 0 Å². The Labute approximate surface area is 123 Å². The minimum Gasteiger partial charge on any atom is -0.334 e. The highest BCUT2D eigenvalue weighted by Gasteiger charge is 2.20. The van der Waals surface area contributed by atoms with Crippen molar-refractivity contribution in [1.82, 2.24) is 20.4 Å². The normalized spacial score (nSPS) is 13.6. The van der Waals surface area contributed by atoms with Crippen LogP contribution in [0.2, 0.25) is 0 Å². The van der Waals surface area contributed by atoms with Gasteiger partial charge in [0.25, 0.3) is 0 Å². The van der Waals surface area contributed by atoms with Crippen LogP contribution in [0.15, 0.2) is 30.3 Å². The smallest absolute Gasteiger partial charge is 0.320 e. The minimum atomic E-state index is -0.213. The van der Waals surface area contributed by atoms with Crippen LogP contribution in [0.4, 0.5) is 10.6 Å². The molecule has 0 aliphatic carbocycles. The van der Waals surface area contributed by atoms with Crippen LogP contribution in [-0.4, -0.2) is 22.4 Å². The third kappa shape index (κ3) is 3.05. The van der Waals surface area contributed by atoms with Crippen LogP contribution >= 0.6 is 0 Å². The molecule has 0 atom stereocenters. The molecule has 3 N–H and O–H groups in total. The predicted molar refractivity (Wildman–Crippen MR) is 80.9 cm³/mol. The lowest BCUT2D eigenvalue weighted by molar-refractivity contribution is 0.251. The van der Waals surface area contributed by atoms with Crippen molar-refractivity contribution in [3.05, 3.63) is 47.2 Å². The number of nitrogens with zero attached hydrogens (tertiary/aromatic N) is 2. The van der Waals surface area contributed by atoms with E-state index in [2.05, 4.69) is 21.0 Å². The highest BCUT2D eigenvalue weighted by atomic mass is 16.2. The van der Waals surface area contributed by atoms with Gasteiger partial charge in [-0.2, -0.15) is 5.10 Å². The number of carbonyl (C=O) groups is 1. The molecule has 0 saturated carbocycles. The summed E-state index contributed by atoms with van der Waals surface area (Å²) in [5, 5.41) is 13.5. The van der Waals surface area contributed by atoms with Crippen LogP contribution in [0.5, 0.6) is 0 Å². The van der Waals surface area contributed by atoms with Gasteiger partial charge in [0.05, 0.1) is 5.69 Å². The van der Waals surface area contributed by atoms with E-state index in [4.69, 9.17) is 0 Å². The molecule has 2 amide bonds. The summed E-state index contributed by atoms with van der Waals surface area (Å²) in [7, 11) is 1.85. The van der Waals surface area contributed by atoms with Crippen molar-refractivity contribution in [2.45, 2.75) is 19.5 Å². The summed E-state index contributed by atoms with van der Waals surface area (Å²) in [4.78, 5) is 12.0. The number of benzene rings is 1. The van der Waals surface area contributed by atoms with Gasteiger partial charge in [0.2, 0.25) is 0 Å². The fourth-order valence-electron chi connectivity index (χ4n) is 2.52. The number of hydrogen-bond acceptors (Lipinski definition) is 3. The largest absolute Gasteiger partial charge is 0.334 e. The number of aromatic nitrogens is 2. The summed E-state index contributed by atoms with van der Waals surface area (Å²) >= 11 is 0. The maximum absolute atomic E-state index is 12.0. The summed E-state index contributed by atoms with van der Waals surface area (Å²) in [6.07, 6.45) is 0.899.